The molecule has 2 aliphatic heterocycles. The average Bonchev–Trinajstić information content (AvgIpc) is 2.58. The van der Waals surface area contributed by atoms with Crippen LogP contribution in [0.4, 0.5) is 0 Å². The number of hydrogen-bond acceptors (Lipinski definition) is 3. The number of hydrogen-bond donors (Lipinski definition) is 1. The number of amides is 1. The molecular formula is C19H27NO3. The number of carbonyl (C=O) groups is 1. The Hall–Kier alpha value is -1.39. The zero-order chi connectivity index (χ0) is 16.2. The highest BCUT2D eigenvalue weighted by Gasteiger charge is 2.34. The minimum atomic E-state index is 0.0511. The van der Waals surface area contributed by atoms with Gasteiger partial charge in [0.25, 0.3) is 5.91 Å². The molecule has 1 aromatic rings. The summed E-state index contributed by atoms with van der Waals surface area (Å²) in [6, 6.07) is 6.25. The van der Waals surface area contributed by atoms with E-state index in [2.05, 4.69) is 5.32 Å². The van der Waals surface area contributed by atoms with Gasteiger partial charge in [-0.2, -0.15) is 0 Å². The van der Waals surface area contributed by atoms with Crippen molar-refractivity contribution in [2.75, 3.05) is 26.4 Å². The van der Waals surface area contributed by atoms with Gasteiger partial charge >= 0.3 is 0 Å². The number of aryl methyl sites for hydroxylation is 2. The van der Waals surface area contributed by atoms with Crippen LogP contribution in [0.15, 0.2) is 18.2 Å². The van der Waals surface area contributed by atoms with Crippen LogP contribution in [0.25, 0.3) is 0 Å². The van der Waals surface area contributed by atoms with Gasteiger partial charge in [0.05, 0.1) is 6.61 Å². The molecule has 1 N–H and O–H groups in total. The Labute approximate surface area is 138 Å². The molecule has 126 valence electrons. The molecule has 0 saturated carbocycles. The Balaban J connectivity index is 1.71. The maximum atomic E-state index is 12.7. The van der Waals surface area contributed by atoms with Gasteiger partial charge in [-0.05, 0) is 50.7 Å². The van der Waals surface area contributed by atoms with E-state index in [9.17, 15) is 4.79 Å². The first-order valence-corrected chi connectivity index (χ1v) is 8.69. The van der Waals surface area contributed by atoms with E-state index in [-0.39, 0.29) is 11.9 Å². The lowest BCUT2D eigenvalue weighted by molar-refractivity contribution is -0.0259. The first kappa shape index (κ1) is 16.5. The molecule has 0 unspecified atom stereocenters. The molecule has 0 aromatic heterocycles. The summed E-state index contributed by atoms with van der Waals surface area (Å²) in [4.78, 5) is 12.7. The van der Waals surface area contributed by atoms with Crippen molar-refractivity contribution >= 4 is 5.91 Å². The quantitative estimate of drug-likeness (QED) is 0.932. The summed E-state index contributed by atoms with van der Waals surface area (Å²) >= 11 is 0. The highest BCUT2D eigenvalue weighted by Crippen LogP contribution is 2.30. The van der Waals surface area contributed by atoms with E-state index in [4.69, 9.17) is 9.47 Å². The molecule has 1 aromatic carbocycles. The second-order valence-corrected chi connectivity index (χ2v) is 6.88. The van der Waals surface area contributed by atoms with E-state index in [1.54, 1.807) is 0 Å². The largest absolute Gasteiger partial charge is 0.381 e. The average molecular weight is 317 g/mol. The van der Waals surface area contributed by atoms with Gasteiger partial charge < -0.3 is 14.8 Å². The number of carbonyl (C=O) groups excluding carboxylic acids is 1. The molecule has 2 fully saturated rings. The summed E-state index contributed by atoms with van der Waals surface area (Å²) in [6.07, 6.45) is 3.05. The van der Waals surface area contributed by atoms with Crippen LogP contribution in [0.5, 0.6) is 0 Å². The fourth-order valence-electron chi connectivity index (χ4n) is 3.77. The molecule has 0 radical (unpaired) electrons. The van der Waals surface area contributed by atoms with E-state index in [1.165, 1.54) is 0 Å². The number of rotatable bonds is 3. The Morgan fingerprint density at radius 1 is 1.09 bits per heavy atom. The molecule has 4 nitrogen and oxygen atoms in total. The van der Waals surface area contributed by atoms with Gasteiger partial charge in [0, 0.05) is 37.3 Å². The fourth-order valence-corrected chi connectivity index (χ4v) is 3.77. The van der Waals surface area contributed by atoms with Crippen molar-refractivity contribution in [1.29, 1.82) is 0 Å². The smallest absolute Gasteiger partial charge is 0.251 e. The maximum Gasteiger partial charge on any atom is 0.251 e. The molecule has 3 rings (SSSR count). The van der Waals surface area contributed by atoms with Crippen molar-refractivity contribution in [1.82, 2.24) is 5.32 Å². The first-order chi connectivity index (χ1) is 11.1. The zero-order valence-corrected chi connectivity index (χ0v) is 14.1. The van der Waals surface area contributed by atoms with Crippen molar-refractivity contribution in [2.24, 2.45) is 11.8 Å². The lowest BCUT2D eigenvalue weighted by Gasteiger charge is -2.39. The van der Waals surface area contributed by atoms with Gasteiger partial charge in [0.1, 0.15) is 0 Å². The predicted octanol–water partition coefficient (Wildman–Crippen LogP) is 2.86. The summed E-state index contributed by atoms with van der Waals surface area (Å²) in [5.41, 5.74) is 2.94. The van der Waals surface area contributed by atoms with Crippen LogP contribution >= 0.6 is 0 Å². The molecule has 23 heavy (non-hydrogen) atoms. The van der Waals surface area contributed by atoms with Gasteiger partial charge in [0.2, 0.25) is 0 Å². The molecule has 2 heterocycles. The van der Waals surface area contributed by atoms with Crippen LogP contribution in [-0.2, 0) is 9.47 Å². The third kappa shape index (κ3) is 3.93. The van der Waals surface area contributed by atoms with Crippen molar-refractivity contribution in [3.8, 4) is 0 Å². The van der Waals surface area contributed by atoms with Crippen LogP contribution in [0, 0.1) is 25.7 Å². The Morgan fingerprint density at radius 2 is 1.83 bits per heavy atom. The minimum Gasteiger partial charge on any atom is -0.381 e. The van der Waals surface area contributed by atoms with Gasteiger partial charge in [-0.1, -0.05) is 17.7 Å². The second kappa shape index (κ2) is 7.45. The third-order valence-electron chi connectivity index (χ3n) is 5.23. The van der Waals surface area contributed by atoms with E-state index < -0.39 is 0 Å². The summed E-state index contributed by atoms with van der Waals surface area (Å²) in [6.45, 7) is 7.17. The van der Waals surface area contributed by atoms with Crippen molar-refractivity contribution in [2.45, 2.75) is 39.2 Å². The van der Waals surface area contributed by atoms with Crippen molar-refractivity contribution in [3.05, 3.63) is 34.9 Å². The van der Waals surface area contributed by atoms with Crippen LogP contribution < -0.4 is 5.32 Å². The predicted molar refractivity (Wildman–Crippen MR) is 89.6 cm³/mol. The molecule has 0 spiro atoms. The standard InChI is InChI=1S/C19H27NO3/c1-13-3-4-14(2)16(11-13)19(21)20-18-7-10-23-12-17(18)15-5-8-22-9-6-15/h3-4,11,15,17-18H,5-10,12H2,1-2H3,(H,20,21)/t17-,18-/m0/s1. The molecule has 2 aliphatic rings. The van der Waals surface area contributed by atoms with E-state index in [1.807, 2.05) is 32.0 Å². The number of ether oxygens (including phenoxy) is 2. The molecule has 0 bridgehead atoms. The van der Waals surface area contributed by atoms with Gasteiger partial charge in [-0.15, -0.1) is 0 Å². The molecule has 0 aliphatic carbocycles. The Kier molecular flexibility index (Phi) is 5.34. The summed E-state index contributed by atoms with van der Waals surface area (Å²) < 4.78 is 11.2. The molecule has 2 atom stereocenters. The number of nitrogens with one attached hydrogen (secondary N) is 1. The summed E-state index contributed by atoms with van der Waals surface area (Å²) in [7, 11) is 0. The SMILES string of the molecule is Cc1ccc(C)c(C(=O)N[C@H]2CCOC[C@H]2C2CCOCC2)c1. The van der Waals surface area contributed by atoms with Gasteiger partial charge in [-0.3, -0.25) is 4.79 Å². The Morgan fingerprint density at radius 3 is 2.61 bits per heavy atom. The third-order valence-corrected chi connectivity index (χ3v) is 5.23. The summed E-state index contributed by atoms with van der Waals surface area (Å²) in [5.74, 6) is 1.05. The van der Waals surface area contributed by atoms with Crippen molar-refractivity contribution in [3.63, 3.8) is 0 Å². The first-order valence-electron chi connectivity index (χ1n) is 8.69. The van der Waals surface area contributed by atoms with E-state index >= 15 is 0 Å². The van der Waals surface area contributed by atoms with Crippen LogP contribution in [0.1, 0.15) is 40.7 Å². The van der Waals surface area contributed by atoms with E-state index in [0.29, 0.717) is 11.8 Å². The monoisotopic (exact) mass is 317 g/mol. The maximum absolute atomic E-state index is 12.7. The van der Waals surface area contributed by atoms with Crippen LogP contribution in [-0.4, -0.2) is 38.4 Å². The lowest BCUT2D eigenvalue weighted by Crippen LogP contribution is -2.49. The Bertz CT molecular complexity index is 552. The van der Waals surface area contributed by atoms with Gasteiger partial charge in [-0.25, -0.2) is 0 Å². The molecule has 4 heteroatoms. The normalized spacial score (nSPS) is 26.0. The fraction of sp³-hybridized carbons (Fsp3) is 0.632. The van der Waals surface area contributed by atoms with E-state index in [0.717, 1.165) is 62.4 Å². The molecule has 1 amide bonds. The van der Waals surface area contributed by atoms with Crippen LogP contribution in [0.2, 0.25) is 0 Å². The highest BCUT2D eigenvalue weighted by molar-refractivity contribution is 5.96. The van der Waals surface area contributed by atoms with Crippen LogP contribution in [0.3, 0.4) is 0 Å². The lowest BCUT2D eigenvalue weighted by atomic mass is 9.79. The van der Waals surface area contributed by atoms with Gasteiger partial charge in [0.15, 0.2) is 0 Å². The minimum absolute atomic E-state index is 0.0511. The topological polar surface area (TPSA) is 47.6 Å². The second-order valence-electron chi connectivity index (χ2n) is 6.88. The number of benzene rings is 1. The summed E-state index contributed by atoms with van der Waals surface area (Å²) in [5, 5.41) is 3.29. The zero-order valence-electron chi connectivity index (χ0n) is 14.1. The molecular weight excluding hydrogens is 290 g/mol. The molecule has 2 saturated heterocycles. The van der Waals surface area contributed by atoms with Crippen molar-refractivity contribution < 1.29 is 14.3 Å². The highest BCUT2D eigenvalue weighted by atomic mass is 16.5.